The molecule has 1 aliphatic heterocycles. The number of rotatable bonds is 5. The maximum Gasteiger partial charge on any atom is 0.257 e. The summed E-state index contributed by atoms with van der Waals surface area (Å²) in [5.74, 6) is 0.515. The van der Waals surface area contributed by atoms with Crippen LogP contribution in [0, 0.1) is 0 Å². The van der Waals surface area contributed by atoms with E-state index < -0.39 is 0 Å². The highest BCUT2D eigenvalue weighted by Crippen LogP contribution is 2.24. The van der Waals surface area contributed by atoms with Gasteiger partial charge in [-0.05, 0) is 31.0 Å². The normalized spacial score (nSPS) is 18.3. The summed E-state index contributed by atoms with van der Waals surface area (Å²) in [4.78, 5) is 28.4. The molecule has 0 aromatic heterocycles. The highest BCUT2D eigenvalue weighted by molar-refractivity contribution is 6.31. The van der Waals surface area contributed by atoms with Crippen molar-refractivity contribution in [2.24, 2.45) is 0 Å². The van der Waals surface area contributed by atoms with Crippen LogP contribution in [0.3, 0.4) is 0 Å². The number of ether oxygens (including phenoxy) is 1. The molecule has 1 N–H and O–H groups in total. The van der Waals surface area contributed by atoms with Gasteiger partial charge in [-0.15, -0.1) is 0 Å². The number of hydrogen-bond acceptors (Lipinski definition) is 4. The summed E-state index contributed by atoms with van der Waals surface area (Å²) in [6.45, 7) is 2.95. The van der Waals surface area contributed by atoms with E-state index in [1.807, 2.05) is 0 Å². The van der Waals surface area contributed by atoms with E-state index in [1.165, 1.54) is 7.11 Å². The molecule has 24 heavy (non-hydrogen) atoms. The average molecular weight is 352 g/mol. The number of halogens is 1. The third-order valence-corrected chi connectivity index (χ3v) is 4.60. The van der Waals surface area contributed by atoms with E-state index in [0.717, 1.165) is 12.8 Å². The largest absolute Gasteiger partial charge is 0.496 e. The molecular weight excluding hydrogens is 330 g/mol. The van der Waals surface area contributed by atoms with Gasteiger partial charge in [-0.25, -0.2) is 0 Å². The van der Waals surface area contributed by atoms with Crippen molar-refractivity contribution >= 4 is 23.4 Å². The lowest BCUT2D eigenvalue weighted by Crippen LogP contribution is -2.51. The third kappa shape index (κ3) is 4.19. The molecule has 1 aliphatic carbocycles. The van der Waals surface area contributed by atoms with Crippen LogP contribution in [0.15, 0.2) is 18.2 Å². The Balaban J connectivity index is 1.55. The maximum atomic E-state index is 12.7. The van der Waals surface area contributed by atoms with Crippen molar-refractivity contribution in [1.29, 1.82) is 0 Å². The molecule has 3 rings (SSSR count). The predicted octanol–water partition coefficient (Wildman–Crippen LogP) is 1.39. The van der Waals surface area contributed by atoms with E-state index in [-0.39, 0.29) is 11.8 Å². The van der Waals surface area contributed by atoms with Crippen LogP contribution in [0.2, 0.25) is 5.02 Å². The molecule has 6 nitrogen and oxygen atoms in total. The zero-order valence-corrected chi connectivity index (χ0v) is 14.5. The van der Waals surface area contributed by atoms with Gasteiger partial charge in [0.25, 0.3) is 5.91 Å². The maximum absolute atomic E-state index is 12.7. The van der Waals surface area contributed by atoms with Crippen LogP contribution in [-0.4, -0.2) is 67.5 Å². The zero-order valence-electron chi connectivity index (χ0n) is 13.8. The van der Waals surface area contributed by atoms with Gasteiger partial charge in [0.05, 0.1) is 19.2 Å². The first kappa shape index (κ1) is 17.0. The van der Waals surface area contributed by atoms with Crippen molar-refractivity contribution in [3.63, 3.8) is 0 Å². The summed E-state index contributed by atoms with van der Waals surface area (Å²) < 4.78 is 5.26. The lowest BCUT2D eigenvalue weighted by Gasteiger charge is -2.34. The summed E-state index contributed by atoms with van der Waals surface area (Å²) in [7, 11) is 1.54. The number of hydrogen-bond donors (Lipinski definition) is 1. The lowest BCUT2D eigenvalue weighted by atomic mass is 10.1. The van der Waals surface area contributed by atoms with Gasteiger partial charge in [0.15, 0.2) is 0 Å². The van der Waals surface area contributed by atoms with Crippen LogP contribution in [-0.2, 0) is 4.79 Å². The number of piperazine rings is 1. The van der Waals surface area contributed by atoms with Crippen LogP contribution in [0.4, 0.5) is 0 Å². The van der Waals surface area contributed by atoms with Crippen molar-refractivity contribution in [3.05, 3.63) is 28.8 Å². The molecule has 1 aromatic carbocycles. The van der Waals surface area contributed by atoms with Crippen LogP contribution in [0.1, 0.15) is 23.2 Å². The standard InChI is InChI=1S/C17H22ClN3O3/c1-24-15-5-2-12(18)10-14(15)17(23)21-8-6-20(7-9-21)11-16(22)19-13-3-4-13/h2,5,10,13H,3-4,6-9,11H2,1H3,(H,19,22). The monoisotopic (exact) mass is 351 g/mol. The number of amides is 2. The molecule has 7 heteroatoms. The fourth-order valence-electron chi connectivity index (χ4n) is 2.83. The first-order chi connectivity index (χ1) is 11.6. The van der Waals surface area contributed by atoms with Crippen LogP contribution < -0.4 is 10.1 Å². The highest BCUT2D eigenvalue weighted by atomic mass is 35.5. The molecule has 130 valence electrons. The van der Waals surface area contributed by atoms with E-state index in [1.54, 1.807) is 23.1 Å². The summed E-state index contributed by atoms with van der Waals surface area (Å²) in [6, 6.07) is 5.43. The Morgan fingerprint density at radius 3 is 2.58 bits per heavy atom. The zero-order chi connectivity index (χ0) is 17.1. The molecule has 0 radical (unpaired) electrons. The Morgan fingerprint density at radius 1 is 1.25 bits per heavy atom. The molecule has 2 amide bonds. The number of nitrogens with zero attached hydrogens (tertiary/aromatic N) is 2. The molecule has 1 saturated heterocycles. The second kappa shape index (κ2) is 7.40. The smallest absolute Gasteiger partial charge is 0.257 e. The Hall–Kier alpha value is -1.79. The van der Waals surface area contributed by atoms with Gasteiger partial charge in [-0.2, -0.15) is 0 Å². The van der Waals surface area contributed by atoms with Gasteiger partial charge < -0.3 is 15.0 Å². The van der Waals surface area contributed by atoms with Crippen molar-refractivity contribution in [1.82, 2.24) is 15.1 Å². The summed E-state index contributed by atoms with van der Waals surface area (Å²) >= 11 is 6.00. The molecule has 1 aromatic rings. The average Bonchev–Trinajstić information content (AvgIpc) is 3.38. The Morgan fingerprint density at radius 2 is 1.96 bits per heavy atom. The molecule has 1 saturated carbocycles. The first-order valence-electron chi connectivity index (χ1n) is 8.21. The van der Waals surface area contributed by atoms with Crippen molar-refractivity contribution in [3.8, 4) is 5.75 Å². The summed E-state index contributed by atoms with van der Waals surface area (Å²) in [6.07, 6.45) is 2.19. The molecule has 0 bridgehead atoms. The quantitative estimate of drug-likeness (QED) is 0.870. The Labute approximate surface area is 146 Å². The van der Waals surface area contributed by atoms with Gasteiger partial charge in [-0.3, -0.25) is 14.5 Å². The van der Waals surface area contributed by atoms with Gasteiger partial charge in [0.1, 0.15) is 5.75 Å². The van der Waals surface area contributed by atoms with E-state index >= 15 is 0 Å². The molecule has 1 heterocycles. The topological polar surface area (TPSA) is 61.9 Å². The fraction of sp³-hybridized carbons (Fsp3) is 0.529. The Bertz CT molecular complexity index is 626. The number of carbonyl (C=O) groups is 2. The number of methoxy groups -OCH3 is 1. The van der Waals surface area contributed by atoms with E-state index in [9.17, 15) is 9.59 Å². The van der Waals surface area contributed by atoms with E-state index in [2.05, 4.69) is 10.2 Å². The third-order valence-electron chi connectivity index (χ3n) is 4.36. The molecule has 2 aliphatic rings. The van der Waals surface area contributed by atoms with Gasteiger partial charge in [0, 0.05) is 37.2 Å². The Kier molecular flexibility index (Phi) is 5.26. The second-order valence-electron chi connectivity index (χ2n) is 6.25. The van der Waals surface area contributed by atoms with Gasteiger partial charge in [0.2, 0.25) is 5.91 Å². The minimum absolute atomic E-state index is 0.0776. The molecule has 0 atom stereocenters. The van der Waals surface area contributed by atoms with Gasteiger partial charge in [-0.1, -0.05) is 11.6 Å². The molecule has 0 unspecified atom stereocenters. The second-order valence-corrected chi connectivity index (χ2v) is 6.69. The molecule has 0 spiro atoms. The highest BCUT2D eigenvalue weighted by Gasteiger charge is 2.27. The number of benzene rings is 1. The van der Waals surface area contributed by atoms with Crippen molar-refractivity contribution < 1.29 is 14.3 Å². The van der Waals surface area contributed by atoms with Crippen LogP contribution in [0.25, 0.3) is 0 Å². The fourth-order valence-corrected chi connectivity index (χ4v) is 3.00. The van der Waals surface area contributed by atoms with Crippen LogP contribution >= 0.6 is 11.6 Å². The summed E-state index contributed by atoms with van der Waals surface area (Å²) in [5.41, 5.74) is 0.477. The molecule has 2 fully saturated rings. The van der Waals surface area contributed by atoms with Crippen molar-refractivity contribution in [2.75, 3.05) is 39.8 Å². The molecular formula is C17H22ClN3O3. The minimum Gasteiger partial charge on any atom is -0.496 e. The first-order valence-corrected chi connectivity index (χ1v) is 8.59. The summed E-state index contributed by atoms with van der Waals surface area (Å²) in [5, 5.41) is 3.50. The SMILES string of the molecule is COc1ccc(Cl)cc1C(=O)N1CCN(CC(=O)NC2CC2)CC1. The number of carbonyl (C=O) groups excluding carboxylic acids is 2. The minimum atomic E-state index is -0.0866. The predicted molar refractivity (Wildman–Crippen MR) is 91.5 cm³/mol. The number of nitrogens with one attached hydrogen (secondary N) is 1. The lowest BCUT2D eigenvalue weighted by molar-refractivity contribution is -0.122. The van der Waals surface area contributed by atoms with E-state index in [0.29, 0.717) is 55.1 Å². The van der Waals surface area contributed by atoms with E-state index in [4.69, 9.17) is 16.3 Å². The van der Waals surface area contributed by atoms with Gasteiger partial charge >= 0.3 is 0 Å². The van der Waals surface area contributed by atoms with Crippen LogP contribution in [0.5, 0.6) is 5.75 Å². The van der Waals surface area contributed by atoms with Crippen molar-refractivity contribution in [2.45, 2.75) is 18.9 Å².